The molecule has 4 heterocycles. The quantitative estimate of drug-likeness (QED) is 0.677. The highest BCUT2D eigenvalue weighted by Gasteiger charge is 2.67. The predicted octanol–water partition coefficient (Wildman–Crippen LogP) is 1.93. The lowest BCUT2D eigenvalue weighted by Gasteiger charge is -2.23. The summed E-state index contributed by atoms with van der Waals surface area (Å²) >= 11 is 0. The molecule has 3 aliphatic rings. The summed E-state index contributed by atoms with van der Waals surface area (Å²) in [6.45, 7) is 2.04. The highest BCUT2D eigenvalue weighted by molar-refractivity contribution is 6.05. The van der Waals surface area contributed by atoms with Gasteiger partial charge in [0.2, 0.25) is 17.6 Å². The van der Waals surface area contributed by atoms with E-state index < -0.39 is 23.5 Å². The smallest absolute Gasteiger partial charge is 0.235 e. The van der Waals surface area contributed by atoms with Gasteiger partial charge < -0.3 is 28.8 Å². The van der Waals surface area contributed by atoms with Gasteiger partial charge in [-0.1, -0.05) is 17.3 Å². The molecule has 2 amide bonds. The molecule has 0 saturated carbocycles. The molecule has 2 bridgehead atoms. The Bertz CT molecular complexity index is 1100. The second kappa shape index (κ2) is 7.27. The van der Waals surface area contributed by atoms with Gasteiger partial charge in [0.15, 0.2) is 17.3 Å². The van der Waals surface area contributed by atoms with E-state index in [1.807, 2.05) is 12.2 Å². The number of carbonyl (C=O) groups excluding carboxylic acids is 2. The van der Waals surface area contributed by atoms with Crippen molar-refractivity contribution >= 4 is 23.3 Å². The van der Waals surface area contributed by atoms with E-state index in [4.69, 9.17) is 23.5 Å². The van der Waals surface area contributed by atoms with Crippen molar-refractivity contribution in [3.63, 3.8) is 0 Å². The molecule has 4 atom stereocenters. The van der Waals surface area contributed by atoms with E-state index in [0.29, 0.717) is 34.5 Å². The summed E-state index contributed by atoms with van der Waals surface area (Å²) in [5.74, 6) is 0.366. The van der Waals surface area contributed by atoms with E-state index >= 15 is 0 Å². The molecular weight excluding hydrogens is 418 g/mol. The molecule has 10 nitrogen and oxygen atoms in total. The number of benzene rings is 1. The van der Waals surface area contributed by atoms with E-state index in [1.165, 1.54) is 26.2 Å². The van der Waals surface area contributed by atoms with E-state index in [9.17, 15) is 9.59 Å². The Labute approximate surface area is 184 Å². The van der Waals surface area contributed by atoms with Crippen LogP contribution in [0.1, 0.15) is 5.76 Å². The molecule has 3 aliphatic heterocycles. The Morgan fingerprint density at radius 2 is 1.91 bits per heavy atom. The van der Waals surface area contributed by atoms with Crippen molar-refractivity contribution < 1.29 is 33.1 Å². The van der Waals surface area contributed by atoms with Crippen LogP contribution in [0.15, 0.2) is 34.9 Å². The molecule has 1 spiro atoms. The van der Waals surface area contributed by atoms with Crippen molar-refractivity contribution in [3.8, 4) is 17.2 Å². The van der Waals surface area contributed by atoms with Crippen molar-refractivity contribution in [1.29, 1.82) is 0 Å². The minimum absolute atomic E-state index is 0.213. The first-order chi connectivity index (χ1) is 15.4. The van der Waals surface area contributed by atoms with Gasteiger partial charge in [-0.2, -0.15) is 0 Å². The van der Waals surface area contributed by atoms with E-state index in [1.54, 1.807) is 25.1 Å². The van der Waals surface area contributed by atoms with Crippen LogP contribution >= 0.6 is 0 Å². The lowest BCUT2D eigenvalue weighted by Crippen LogP contribution is -2.41. The summed E-state index contributed by atoms with van der Waals surface area (Å²) in [5.41, 5.74) is -0.397. The van der Waals surface area contributed by atoms with E-state index in [-0.39, 0.29) is 18.4 Å². The van der Waals surface area contributed by atoms with Crippen molar-refractivity contribution in [2.45, 2.75) is 18.6 Å². The molecule has 32 heavy (non-hydrogen) atoms. The first-order valence-electron chi connectivity index (χ1n) is 10.1. The van der Waals surface area contributed by atoms with Crippen molar-refractivity contribution in [2.24, 2.45) is 11.8 Å². The van der Waals surface area contributed by atoms with Gasteiger partial charge in [0, 0.05) is 23.9 Å². The second-order valence-corrected chi connectivity index (χ2v) is 8.02. The molecule has 0 aliphatic carbocycles. The number of nitrogens with zero attached hydrogens (tertiary/aromatic N) is 2. The van der Waals surface area contributed by atoms with E-state index in [0.717, 1.165) is 0 Å². The lowest BCUT2D eigenvalue weighted by atomic mass is 9.77. The second-order valence-electron chi connectivity index (χ2n) is 8.02. The number of aryl methyl sites for hydroxylation is 1. The van der Waals surface area contributed by atoms with Gasteiger partial charge >= 0.3 is 0 Å². The minimum atomic E-state index is -0.855. The number of hydrogen-bond donors (Lipinski definition) is 1. The normalized spacial score (nSPS) is 27.6. The number of anilines is 2. The number of fused-ring (bicyclic) bond motifs is 1. The molecule has 0 unspecified atom stereocenters. The van der Waals surface area contributed by atoms with Crippen molar-refractivity contribution in [2.75, 3.05) is 38.1 Å². The Balaban J connectivity index is 1.43. The first kappa shape index (κ1) is 20.4. The lowest BCUT2D eigenvalue weighted by molar-refractivity contribution is -0.128. The summed E-state index contributed by atoms with van der Waals surface area (Å²) in [4.78, 5) is 28.2. The van der Waals surface area contributed by atoms with Crippen molar-refractivity contribution in [3.05, 3.63) is 36.1 Å². The van der Waals surface area contributed by atoms with Gasteiger partial charge in [-0.15, -0.1) is 0 Å². The third-order valence-corrected chi connectivity index (χ3v) is 6.23. The van der Waals surface area contributed by atoms with Gasteiger partial charge in [0.25, 0.3) is 0 Å². The zero-order valence-electron chi connectivity index (χ0n) is 18.1. The molecule has 5 rings (SSSR count). The van der Waals surface area contributed by atoms with Crippen LogP contribution in [-0.2, 0) is 14.3 Å². The SMILES string of the molecule is COc1cc(NC(=O)[C@@H]2[C@@H]3C=C[C@@]4(CN(c5cc(C)on5)C(=O)[C@H]24)O3)cc(OC)c1OC. The third kappa shape index (κ3) is 2.86. The Kier molecular flexibility index (Phi) is 4.63. The van der Waals surface area contributed by atoms with Gasteiger partial charge in [-0.3, -0.25) is 14.5 Å². The van der Waals surface area contributed by atoms with Gasteiger partial charge in [0.05, 0.1) is 45.8 Å². The topological polar surface area (TPSA) is 112 Å². The first-order valence-corrected chi connectivity index (χ1v) is 10.1. The average Bonchev–Trinajstić information content (AvgIpc) is 3.53. The largest absolute Gasteiger partial charge is 0.493 e. The number of aromatic nitrogens is 1. The van der Waals surface area contributed by atoms with Crippen LogP contribution in [0.5, 0.6) is 17.2 Å². The maximum atomic E-state index is 13.3. The average molecular weight is 441 g/mol. The zero-order valence-corrected chi connectivity index (χ0v) is 18.1. The predicted molar refractivity (Wildman–Crippen MR) is 112 cm³/mol. The third-order valence-electron chi connectivity index (χ3n) is 6.23. The van der Waals surface area contributed by atoms with Gasteiger partial charge in [-0.25, -0.2) is 0 Å². The summed E-state index contributed by atoms with van der Waals surface area (Å²) < 4.78 is 27.3. The molecule has 10 heteroatoms. The van der Waals surface area contributed by atoms with Crippen LogP contribution in [0, 0.1) is 18.8 Å². The molecule has 168 valence electrons. The standard InChI is InChI=1S/C22H23N3O7/c1-11-7-16(24-32-11)25-10-22-6-5-13(31-22)17(18(22)21(25)27)20(26)23-12-8-14(28-2)19(30-4)15(9-12)29-3/h5-9,13,17-18H,10H2,1-4H3,(H,23,26)/t13-,17+,18-,22-/m0/s1. The van der Waals surface area contributed by atoms with Crippen molar-refractivity contribution in [1.82, 2.24) is 5.16 Å². The minimum Gasteiger partial charge on any atom is -0.493 e. The summed E-state index contributed by atoms with van der Waals surface area (Å²) in [6, 6.07) is 4.97. The van der Waals surface area contributed by atoms with Crippen LogP contribution < -0.4 is 24.4 Å². The fourth-order valence-electron chi connectivity index (χ4n) is 4.85. The fourth-order valence-corrected chi connectivity index (χ4v) is 4.85. The maximum Gasteiger partial charge on any atom is 0.235 e. The fraction of sp³-hybridized carbons (Fsp3) is 0.409. The monoisotopic (exact) mass is 441 g/mol. The molecule has 1 aromatic heterocycles. The molecule has 1 N–H and O–H groups in total. The zero-order chi connectivity index (χ0) is 22.6. The maximum absolute atomic E-state index is 13.3. The van der Waals surface area contributed by atoms with Crippen LogP contribution in [0.3, 0.4) is 0 Å². The number of ether oxygens (including phenoxy) is 4. The molecular formula is C22H23N3O7. The number of amides is 2. The van der Waals surface area contributed by atoms with Gasteiger partial charge in [0.1, 0.15) is 11.4 Å². The summed E-state index contributed by atoms with van der Waals surface area (Å²) in [6.07, 6.45) is 3.25. The summed E-state index contributed by atoms with van der Waals surface area (Å²) in [5, 5.41) is 6.84. The molecule has 2 fully saturated rings. The number of nitrogens with one attached hydrogen (secondary N) is 1. The van der Waals surface area contributed by atoms with E-state index in [2.05, 4.69) is 10.5 Å². The molecule has 1 aromatic carbocycles. The molecule has 2 saturated heterocycles. The Morgan fingerprint density at radius 1 is 1.19 bits per heavy atom. The van der Waals surface area contributed by atoms with Crippen LogP contribution in [0.25, 0.3) is 0 Å². The Hall–Kier alpha value is -3.53. The Morgan fingerprint density at radius 3 is 2.50 bits per heavy atom. The number of methoxy groups -OCH3 is 3. The number of carbonyl (C=O) groups is 2. The molecule has 2 aromatic rings. The highest BCUT2D eigenvalue weighted by atomic mass is 16.5. The summed E-state index contributed by atoms with van der Waals surface area (Å²) in [7, 11) is 4.50. The van der Waals surface area contributed by atoms with Crippen LogP contribution in [0.4, 0.5) is 11.5 Å². The van der Waals surface area contributed by atoms with Crippen LogP contribution in [-0.4, -0.2) is 56.6 Å². The number of hydrogen-bond acceptors (Lipinski definition) is 8. The highest BCUT2D eigenvalue weighted by Crippen LogP contribution is 2.53. The van der Waals surface area contributed by atoms with Gasteiger partial charge in [-0.05, 0) is 6.92 Å². The number of rotatable bonds is 6. The van der Waals surface area contributed by atoms with Crippen LogP contribution in [0.2, 0.25) is 0 Å². The molecule has 0 radical (unpaired) electrons.